The first-order chi connectivity index (χ1) is 15.8. The minimum absolute atomic E-state index is 0.0764. The Morgan fingerprint density at radius 3 is 2.24 bits per heavy atom. The number of carbonyl (C=O) groups is 2. The molecule has 1 saturated heterocycles. The number of nitrogens with one attached hydrogen (secondary N) is 1. The molecule has 1 aliphatic heterocycles. The van der Waals surface area contributed by atoms with Crippen molar-refractivity contribution in [3.63, 3.8) is 0 Å². The average molecular weight is 462 g/mol. The van der Waals surface area contributed by atoms with Crippen LogP contribution in [-0.4, -0.2) is 62.7 Å². The van der Waals surface area contributed by atoms with Gasteiger partial charge in [-0.2, -0.15) is 0 Å². The molecule has 1 saturated carbocycles. The monoisotopic (exact) mass is 461 g/mol. The lowest BCUT2D eigenvalue weighted by atomic mass is 9.80. The van der Waals surface area contributed by atoms with Crippen molar-refractivity contribution in [2.45, 2.75) is 75.8 Å². The van der Waals surface area contributed by atoms with E-state index in [-0.39, 0.29) is 17.9 Å². The smallest absolute Gasteiger partial charge is 0.243 e. The summed E-state index contributed by atoms with van der Waals surface area (Å²) in [7, 11) is 4.80. The van der Waals surface area contributed by atoms with Crippen molar-refractivity contribution in [3.05, 3.63) is 17.7 Å². The van der Waals surface area contributed by atoms with Crippen LogP contribution in [0.2, 0.25) is 0 Å². The average Bonchev–Trinajstić information content (AvgIpc) is 2.83. The van der Waals surface area contributed by atoms with E-state index in [1.807, 2.05) is 12.1 Å². The van der Waals surface area contributed by atoms with Gasteiger partial charge in [-0.3, -0.25) is 14.5 Å². The summed E-state index contributed by atoms with van der Waals surface area (Å²) in [5.74, 6) is 1.44. The first-order valence-corrected chi connectivity index (χ1v) is 12.0. The van der Waals surface area contributed by atoms with Crippen molar-refractivity contribution in [1.29, 1.82) is 0 Å². The molecule has 184 valence electrons. The number of nitrogens with zero attached hydrogens (tertiary/aromatic N) is 1. The first-order valence-electron chi connectivity index (χ1n) is 12.0. The van der Waals surface area contributed by atoms with Crippen molar-refractivity contribution >= 4 is 11.8 Å². The fourth-order valence-electron chi connectivity index (χ4n) is 5.26. The number of ether oxygens (including phenoxy) is 3. The molecule has 1 aromatic rings. The molecular weight excluding hydrogens is 422 g/mol. The molecule has 1 heterocycles. The maximum atomic E-state index is 13.4. The standard InChI is InChI=1S/C25H39N3O5/c1-17(18-14-20(31-2)22(33-4)21(15-18)32-3)16-28-13-9-6-10-19(28)23(29)27-25(24(26)30)11-7-5-8-12-25/h14-15,17,19H,5-13,16H2,1-4H3,(H2,26,30)(H,27,29)/t17-,19+/m1/s1. The summed E-state index contributed by atoms with van der Waals surface area (Å²) < 4.78 is 16.5. The summed E-state index contributed by atoms with van der Waals surface area (Å²) in [6, 6.07) is 3.67. The van der Waals surface area contributed by atoms with E-state index >= 15 is 0 Å². The minimum atomic E-state index is -0.902. The molecule has 0 radical (unpaired) electrons. The molecule has 8 heteroatoms. The molecule has 33 heavy (non-hydrogen) atoms. The Balaban J connectivity index is 1.76. The maximum Gasteiger partial charge on any atom is 0.243 e. The third-order valence-electron chi connectivity index (χ3n) is 7.22. The number of piperidine rings is 1. The summed E-state index contributed by atoms with van der Waals surface area (Å²) in [6.45, 7) is 3.69. The second kappa shape index (κ2) is 11.1. The Kier molecular flexibility index (Phi) is 8.46. The lowest BCUT2D eigenvalue weighted by Gasteiger charge is -2.40. The van der Waals surface area contributed by atoms with Gasteiger partial charge in [0, 0.05) is 6.54 Å². The molecule has 0 aromatic heterocycles. The van der Waals surface area contributed by atoms with Gasteiger partial charge in [0.15, 0.2) is 11.5 Å². The summed E-state index contributed by atoms with van der Waals surface area (Å²) in [5, 5.41) is 3.08. The molecule has 2 fully saturated rings. The fraction of sp³-hybridized carbons (Fsp3) is 0.680. The molecule has 3 N–H and O–H groups in total. The number of nitrogens with two attached hydrogens (primary N) is 1. The van der Waals surface area contributed by atoms with E-state index in [4.69, 9.17) is 19.9 Å². The van der Waals surface area contributed by atoms with Gasteiger partial charge < -0.3 is 25.3 Å². The van der Waals surface area contributed by atoms with Crippen LogP contribution in [0, 0.1) is 0 Å². The van der Waals surface area contributed by atoms with Crippen LogP contribution in [0.5, 0.6) is 17.2 Å². The number of amides is 2. The molecule has 2 amide bonds. The molecular formula is C25H39N3O5. The van der Waals surface area contributed by atoms with Gasteiger partial charge in [0.2, 0.25) is 17.6 Å². The minimum Gasteiger partial charge on any atom is -0.493 e. The van der Waals surface area contributed by atoms with Crippen LogP contribution in [0.15, 0.2) is 12.1 Å². The number of hydrogen-bond acceptors (Lipinski definition) is 6. The van der Waals surface area contributed by atoms with Gasteiger partial charge in [-0.25, -0.2) is 0 Å². The Morgan fingerprint density at radius 2 is 1.70 bits per heavy atom. The van der Waals surface area contributed by atoms with Crippen molar-refractivity contribution in [2.75, 3.05) is 34.4 Å². The van der Waals surface area contributed by atoms with Gasteiger partial charge in [0.25, 0.3) is 0 Å². The van der Waals surface area contributed by atoms with Gasteiger partial charge in [-0.1, -0.05) is 32.6 Å². The van der Waals surface area contributed by atoms with E-state index in [1.165, 1.54) is 0 Å². The first kappa shape index (κ1) is 25.1. The molecule has 3 rings (SSSR count). The highest BCUT2D eigenvalue weighted by atomic mass is 16.5. The molecule has 2 atom stereocenters. The van der Waals surface area contributed by atoms with Crippen molar-refractivity contribution < 1.29 is 23.8 Å². The van der Waals surface area contributed by atoms with Gasteiger partial charge in [-0.15, -0.1) is 0 Å². The molecule has 0 bridgehead atoms. The Bertz CT molecular complexity index is 812. The Hall–Kier alpha value is -2.48. The van der Waals surface area contributed by atoms with E-state index in [0.717, 1.165) is 50.6 Å². The predicted molar refractivity (Wildman–Crippen MR) is 127 cm³/mol. The van der Waals surface area contributed by atoms with Crippen LogP contribution in [0.4, 0.5) is 0 Å². The second-order valence-corrected chi connectivity index (χ2v) is 9.36. The van der Waals surface area contributed by atoms with E-state index in [9.17, 15) is 9.59 Å². The van der Waals surface area contributed by atoms with Gasteiger partial charge in [0.05, 0.1) is 27.4 Å². The van der Waals surface area contributed by atoms with Crippen LogP contribution < -0.4 is 25.3 Å². The van der Waals surface area contributed by atoms with Crippen LogP contribution in [0.1, 0.15) is 69.8 Å². The maximum absolute atomic E-state index is 13.4. The number of carbonyl (C=O) groups excluding carboxylic acids is 2. The van der Waals surface area contributed by atoms with Crippen LogP contribution in [0.25, 0.3) is 0 Å². The van der Waals surface area contributed by atoms with Gasteiger partial charge in [0.1, 0.15) is 5.54 Å². The largest absolute Gasteiger partial charge is 0.493 e. The van der Waals surface area contributed by atoms with E-state index in [2.05, 4.69) is 17.1 Å². The molecule has 8 nitrogen and oxygen atoms in total. The zero-order valence-electron chi connectivity index (χ0n) is 20.4. The zero-order chi connectivity index (χ0) is 24.0. The van der Waals surface area contributed by atoms with Gasteiger partial charge in [-0.05, 0) is 55.8 Å². The van der Waals surface area contributed by atoms with E-state index in [1.54, 1.807) is 21.3 Å². The highest BCUT2D eigenvalue weighted by Gasteiger charge is 2.41. The van der Waals surface area contributed by atoms with Crippen LogP contribution >= 0.6 is 0 Å². The van der Waals surface area contributed by atoms with Crippen LogP contribution in [0.3, 0.4) is 0 Å². The summed E-state index contributed by atoms with van der Waals surface area (Å²) in [6.07, 6.45) is 6.98. The third kappa shape index (κ3) is 5.54. The van der Waals surface area contributed by atoms with Crippen molar-refractivity contribution in [3.8, 4) is 17.2 Å². The Labute approximate surface area is 197 Å². The lowest BCUT2D eigenvalue weighted by Crippen LogP contribution is -2.62. The predicted octanol–water partition coefficient (Wildman–Crippen LogP) is 2.97. The SMILES string of the molecule is COc1cc([C@H](C)CN2CCCC[C@H]2C(=O)NC2(C(N)=O)CCCCC2)cc(OC)c1OC. The quantitative estimate of drug-likeness (QED) is 0.586. The number of benzene rings is 1. The Morgan fingerprint density at radius 1 is 1.06 bits per heavy atom. The number of hydrogen-bond donors (Lipinski definition) is 2. The number of rotatable bonds is 9. The molecule has 2 aliphatic rings. The molecule has 0 spiro atoms. The second-order valence-electron chi connectivity index (χ2n) is 9.36. The zero-order valence-corrected chi connectivity index (χ0v) is 20.4. The van der Waals surface area contributed by atoms with Gasteiger partial charge >= 0.3 is 0 Å². The van der Waals surface area contributed by atoms with Crippen LogP contribution in [-0.2, 0) is 9.59 Å². The summed E-state index contributed by atoms with van der Waals surface area (Å²) in [5.41, 5.74) is 5.90. The number of primary amides is 1. The molecule has 0 unspecified atom stereocenters. The van der Waals surface area contributed by atoms with E-state index in [0.29, 0.717) is 36.6 Å². The third-order valence-corrected chi connectivity index (χ3v) is 7.22. The molecule has 1 aromatic carbocycles. The normalized spacial score (nSPS) is 21.6. The highest BCUT2D eigenvalue weighted by Crippen LogP contribution is 2.40. The fourth-order valence-corrected chi connectivity index (χ4v) is 5.26. The molecule has 1 aliphatic carbocycles. The van der Waals surface area contributed by atoms with E-state index < -0.39 is 11.4 Å². The lowest BCUT2D eigenvalue weighted by molar-refractivity contribution is -0.136. The van der Waals surface area contributed by atoms with Crippen molar-refractivity contribution in [1.82, 2.24) is 10.2 Å². The topological polar surface area (TPSA) is 103 Å². The van der Waals surface area contributed by atoms with Crippen molar-refractivity contribution in [2.24, 2.45) is 5.73 Å². The highest BCUT2D eigenvalue weighted by molar-refractivity contribution is 5.92. The number of methoxy groups -OCH3 is 3. The number of likely N-dealkylation sites (tertiary alicyclic amines) is 1. The summed E-state index contributed by atoms with van der Waals surface area (Å²) >= 11 is 0. The summed E-state index contributed by atoms with van der Waals surface area (Å²) in [4.78, 5) is 27.9.